The van der Waals surface area contributed by atoms with E-state index in [0.29, 0.717) is 17.7 Å². The van der Waals surface area contributed by atoms with Crippen LogP contribution >= 0.6 is 0 Å². The van der Waals surface area contributed by atoms with Gasteiger partial charge in [0.1, 0.15) is 0 Å². The first kappa shape index (κ1) is 19.9. The summed E-state index contributed by atoms with van der Waals surface area (Å²) in [5, 5.41) is 10.3. The normalized spacial score (nSPS) is 14.2. The molecule has 3 aromatic heterocycles. The van der Waals surface area contributed by atoms with Crippen molar-refractivity contribution in [2.45, 2.75) is 25.3 Å². The van der Waals surface area contributed by atoms with E-state index in [-0.39, 0.29) is 17.4 Å². The number of nitrogens with one attached hydrogen (secondary N) is 2. The number of amides is 2. The highest BCUT2D eigenvalue weighted by Crippen LogP contribution is 2.44. The molecule has 1 fully saturated rings. The molecule has 5 rings (SSSR count). The molecule has 0 radical (unpaired) electrons. The number of hydrogen-bond acceptors (Lipinski definition) is 4. The van der Waals surface area contributed by atoms with Crippen LogP contribution in [0.1, 0.15) is 46.2 Å². The van der Waals surface area contributed by atoms with Crippen molar-refractivity contribution in [1.82, 2.24) is 25.2 Å². The molecule has 2 N–H and O–H groups in total. The first-order valence-corrected chi connectivity index (χ1v) is 10.7. The summed E-state index contributed by atoms with van der Waals surface area (Å²) in [6.45, 7) is 2.43. The Kier molecular flexibility index (Phi) is 4.93. The molecule has 3 heterocycles. The topological polar surface area (TPSA) is 88.4 Å². The van der Waals surface area contributed by atoms with Gasteiger partial charge < -0.3 is 10.6 Å². The van der Waals surface area contributed by atoms with Crippen molar-refractivity contribution >= 4 is 17.3 Å². The lowest BCUT2D eigenvalue weighted by Crippen LogP contribution is -2.35. The van der Waals surface area contributed by atoms with Gasteiger partial charge in [0.15, 0.2) is 0 Å². The van der Waals surface area contributed by atoms with Crippen LogP contribution in [0.5, 0.6) is 0 Å². The lowest BCUT2D eigenvalue weighted by molar-refractivity contribution is 0.0927. The van der Waals surface area contributed by atoms with Gasteiger partial charge in [-0.1, -0.05) is 18.2 Å². The van der Waals surface area contributed by atoms with Crippen LogP contribution in [0, 0.1) is 0 Å². The molecule has 160 valence electrons. The van der Waals surface area contributed by atoms with Crippen LogP contribution in [0.4, 0.5) is 0 Å². The molecule has 0 bridgehead atoms. The number of carbonyl (C=O) groups excluding carboxylic acids is 2. The van der Waals surface area contributed by atoms with Crippen molar-refractivity contribution in [3.05, 3.63) is 90.0 Å². The summed E-state index contributed by atoms with van der Waals surface area (Å²) in [6, 6.07) is 17.1. The number of pyridine rings is 2. The van der Waals surface area contributed by atoms with E-state index in [4.69, 9.17) is 0 Å². The Morgan fingerprint density at radius 2 is 1.88 bits per heavy atom. The molecule has 1 aliphatic rings. The third kappa shape index (κ3) is 3.62. The maximum atomic E-state index is 13.0. The van der Waals surface area contributed by atoms with Gasteiger partial charge in [-0.3, -0.25) is 14.6 Å². The Morgan fingerprint density at radius 3 is 2.62 bits per heavy atom. The molecule has 0 unspecified atom stereocenters. The van der Waals surface area contributed by atoms with Gasteiger partial charge in [0, 0.05) is 24.5 Å². The minimum Gasteiger partial charge on any atom is -0.352 e. The van der Waals surface area contributed by atoms with Crippen molar-refractivity contribution in [2.24, 2.45) is 0 Å². The van der Waals surface area contributed by atoms with E-state index in [9.17, 15) is 9.59 Å². The predicted octanol–water partition coefficient (Wildman–Crippen LogP) is 3.57. The summed E-state index contributed by atoms with van der Waals surface area (Å²) >= 11 is 0. The highest BCUT2D eigenvalue weighted by atomic mass is 16.2. The molecule has 4 aromatic rings. The number of hydrogen-bond donors (Lipinski definition) is 2. The molecule has 1 aliphatic carbocycles. The van der Waals surface area contributed by atoms with Gasteiger partial charge in [-0.2, -0.15) is 5.10 Å². The molecule has 2 amide bonds. The molecular weight excluding hydrogens is 402 g/mol. The summed E-state index contributed by atoms with van der Waals surface area (Å²) in [5.74, 6) is -0.277. The summed E-state index contributed by atoms with van der Waals surface area (Å²) < 4.78 is 1.67. The molecule has 0 aliphatic heterocycles. The maximum absolute atomic E-state index is 13.0. The molecule has 7 heteroatoms. The average molecular weight is 425 g/mol. The van der Waals surface area contributed by atoms with Gasteiger partial charge in [-0.15, -0.1) is 0 Å². The van der Waals surface area contributed by atoms with Gasteiger partial charge in [0.05, 0.1) is 28.5 Å². The van der Waals surface area contributed by atoms with E-state index in [1.54, 1.807) is 16.9 Å². The van der Waals surface area contributed by atoms with E-state index in [2.05, 4.69) is 20.7 Å². The van der Waals surface area contributed by atoms with Crippen molar-refractivity contribution in [2.75, 3.05) is 6.54 Å². The van der Waals surface area contributed by atoms with Crippen LogP contribution in [-0.4, -0.2) is 33.0 Å². The van der Waals surface area contributed by atoms with Crippen LogP contribution in [0.2, 0.25) is 0 Å². The van der Waals surface area contributed by atoms with Crippen molar-refractivity contribution in [1.29, 1.82) is 0 Å². The molecule has 7 nitrogen and oxygen atoms in total. The van der Waals surface area contributed by atoms with Gasteiger partial charge in [-0.05, 0) is 67.3 Å². The minimum atomic E-state index is -0.369. The molecule has 1 saturated carbocycles. The Hall–Kier alpha value is -4.00. The number of carbonyl (C=O) groups is 2. The summed E-state index contributed by atoms with van der Waals surface area (Å²) in [4.78, 5) is 29.8. The molecule has 0 atom stereocenters. The van der Waals surface area contributed by atoms with Crippen molar-refractivity contribution in [3.63, 3.8) is 0 Å². The second-order valence-electron chi connectivity index (χ2n) is 7.99. The summed E-state index contributed by atoms with van der Waals surface area (Å²) in [7, 11) is 0. The average Bonchev–Trinajstić information content (AvgIpc) is 3.48. The molecular formula is C25H23N5O2. The van der Waals surface area contributed by atoms with Crippen LogP contribution in [0.3, 0.4) is 0 Å². The summed E-state index contributed by atoms with van der Waals surface area (Å²) in [6.07, 6.45) is 6.91. The zero-order chi connectivity index (χ0) is 22.1. The van der Waals surface area contributed by atoms with Crippen molar-refractivity contribution in [3.8, 4) is 11.1 Å². The second-order valence-corrected chi connectivity index (χ2v) is 7.99. The van der Waals surface area contributed by atoms with E-state index in [0.717, 1.165) is 35.2 Å². The third-order valence-corrected chi connectivity index (χ3v) is 5.82. The number of aromatic nitrogens is 3. The fourth-order valence-corrected chi connectivity index (χ4v) is 3.94. The maximum Gasteiger partial charge on any atom is 0.255 e. The first-order chi connectivity index (χ1) is 15.6. The standard InChI is InChI=1S/C25H23N5O2/c1-2-26-24(32)20-16-28-30-13-9-18(15-21(20)30)17-6-5-7-19(14-17)23(31)29-25(10-11-25)22-8-3-4-12-27-22/h3-9,12-16H,2,10-11H2,1H3,(H,26,32)(H,29,31). The lowest BCUT2D eigenvalue weighted by Gasteiger charge is -2.17. The Balaban J connectivity index is 1.43. The van der Waals surface area contributed by atoms with Crippen LogP contribution < -0.4 is 10.6 Å². The lowest BCUT2D eigenvalue weighted by atomic mass is 10.0. The second kappa shape index (κ2) is 7.92. The van der Waals surface area contributed by atoms with Crippen LogP contribution in [0.25, 0.3) is 16.6 Å². The quantitative estimate of drug-likeness (QED) is 0.494. The van der Waals surface area contributed by atoms with Crippen LogP contribution in [0.15, 0.2) is 73.2 Å². The number of rotatable bonds is 6. The van der Waals surface area contributed by atoms with E-state index in [1.807, 2.05) is 67.7 Å². The smallest absolute Gasteiger partial charge is 0.255 e. The monoisotopic (exact) mass is 425 g/mol. The fraction of sp³-hybridized carbons (Fsp3) is 0.200. The third-order valence-electron chi connectivity index (χ3n) is 5.82. The highest BCUT2D eigenvalue weighted by molar-refractivity contribution is 6.01. The van der Waals surface area contributed by atoms with Gasteiger partial charge in [0.25, 0.3) is 11.8 Å². The first-order valence-electron chi connectivity index (χ1n) is 10.7. The largest absolute Gasteiger partial charge is 0.352 e. The predicted molar refractivity (Wildman–Crippen MR) is 121 cm³/mol. The Labute approximate surface area is 185 Å². The molecule has 32 heavy (non-hydrogen) atoms. The Bertz CT molecular complexity index is 1310. The fourth-order valence-electron chi connectivity index (χ4n) is 3.94. The molecule has 0 saturated heterocycles. The van der Waals surface area contributed by atoms with Gasteiger partial charge in [0.2, 0.25) is 0 Å². The van der Waals surface area contributed by atoms with Crippen molar-refractivity contribution < 1.29 is 9.59 Å². The van der Waals surface area contributed by atoms with Crippen LogP contribution in [-0.2, 0) is 5.54 Å². The highest BCUT2D eigenvalue weighted by Gasteiger charge is 2.47. The number of fused-ring (bicyclic) bond motifs is 1. The van der Waals surface area contributed by atoms with E-state index >= 15 is 0 Å². The minimum absolute atomic E-state index is 0.122. The molecule has 0 spiro atoms. The SMILES string of the molecule is CCNC(=O)c1cnn2ccc(-c3cccc(C(=O)NC4(c5ccccn5)CC4)c3)cc12. The number of benzene rings is 1. The molecule has 1 aromatic carbocycles. The number of nitrogens with zero attached hydrogens (tertiary/aromatic N) is 3. The van der Waals surface area contributed by atoms with E-state index < -0.39 is 0 Å². The van der Waals surface area contributed by atoms with E-state index in [1.165, 1.54) is 0 Å². The Morgan fingerprint density at radius 1 is 1.03 bits per heavy atom. The summed E-state index contributed by atoms with van der Waals surface area (Å²) in [5.41, 5.74) is 4.15. The zero-order valence-electron chi connectivity index (χ0n) is 17.7. The zero-order valence-corrected chi connectivity index (χ0v) is 17.7. The van der Waals surface area contributed by atoms with Gasteiger partial charge in [-0.25, -0.2) is 4.52 Å². The van der Waals surface area contributed by atoms with Gasteiger partial charge >= 0.3 is 0 Å².